The number of rotatable bonds is 5. The molecule has 0 aliphatic heterocycles. The topological polar surface area (TPSA) is 86.7 Å². The first-order valence-electron chi connectivity index (χ1n) is 10.4. The number of alkyl halides is 3. The summed E-state index contributed by atoms with van der Waals surface area (Å²) < 4.78 is 45.1. The van der Waals surface area contributed by atoms with Gasteiger partial charge in [0.25, 0.3) is 5.56 Å². The van der Waals surface area contributed by atoms with E-state index in [-0.39, 0.29) is 23.0 Å². The summed E-state index contributed by atoms with van der Waals surface area (Å²) in [5.74, 6) is 1.02. The number of halogens is 3. The Kier molecular flexibility index (Phi) is 5.85. The maximum Gasteiger partial charge on any atom is 0.416 e. The number of fused-ring (bicyclic) bond motifs is 1. The molecule has 0 saturated heterocycles. The highest BCUT2D eigenvalue weighted by molar-refractivity contribution is 7.98. The molecule has 0 fully saturated rings. The Morgan fingerprint density at radius 3 is 2.54 bits per heavy atom. The molecular formula is C24H16F3N5O2S. The fraction of sp³-hybridized carbons (Fsp3) is 0.125. The van der Waals surface area contributed by atoms with Crippen molar-refractivity contribution >= 4 is 22.7 Å². The van der Waals surface area contributed by atoms with Crippen molar-refractivity contribution < 1.29 is 17.7 Å². The average molecular weight is 495 g/mol. The summed E-state index contributed by atoms with van der Waals surface area (Å²) in [7, 11) is 0. The van der Waals surface area contributed by atoms with Crippen LogP contribution in [0.2, 0.25) is 0 Å². The Bertz CT molecular complexity index is 1580. The Morgan fingerprint density at radius 1 is 1.03 bits per heavy atom. The van der Waals surface area contributed by atoms with Gasteiger partial charge in [0.2, 0.25) is 11.7 Å². The highest BCUT2D eigenvalue weighted by Crippen LogP contribution is 2.31. The van der Waals surface area contributed by atoms with Crippen LogP contribution >= 0.6 is 11.8 Å². The standard InChI is InChI=1S/C24H16F3N5O2S/c1-14-10-11-28-19(12-14)32-22(33)17-4-2-3-5-18(17)29-23(32)35-13-20-30-21(31-34-20)15-6-8-16(9-7-15)24(25,26)27/h2-12H,13H2,1H3. The van der Waals surface area contributed by atoms with Gasteiger partial charge in [-0.25, -0.2) is 14.5 Å². The van der Waals surface area contributed by atoms with E-state index in [1.807, 2.05) is 13.0 Å². The molecular weight excluding hydrogens is 479 g/mol. The highest BCUT2D eigenvalue weighted by Gasteiger charge is 2.30. The van der Waals surface area contributed by atoms with Gasteiger partial charge < -0.3 is 4.52 Å². The van der Waals surface area contributed by atoms with E-state index < -0.39 is 11.7 Å². The minimum atomic E-state index is -4.42. The van der Waals surface area contributed by atoms with Crippen LogP contribution in [0.15, 0.2) is 81.3 Å². The number of aryl methyl sites for hydroxylation is 1. The highest BCUT2D eigenvalue weighted by atomic mass is 32.2. The molecule has 176 valence electrons. The van der Waals surface area contributed by atoms with E-state index in [9.17, 15) is 18.0 Å². The van der Waals surface area contributed by atoms with Crippen LogP contribution in [0.5, 0.6) is 0 Å². The molecule has 0 amide bonds. The van der Waals surface area contributed by atoms with Gasteiger partial charge in [-0.05, 0) is 48.9 Å². The van der Waals surface area contributed by atoms with Gasteiger partial charge in [-0.3, -0.25) is 4.79 Å². The lowest BCUT2D eigenvalue weighted by atomic mass is 10.1. The van der Waals surface area contributed by atoms with Gasteiger partial charge >= 0.3 is 6.18 Å². The van der Waals surface area contributed by atoms with E-state index in [2.05, 4.69) is 20.1 Å². The maximum atomic E-state index is 13.3. The summed E-state index contributed by atoms with van der Waals surface area (Å²) in [6, 6.07) is 15.2. The molecule has 0 bridgehead atoms. The maximum absolute atomic E-state index is 13.3. The zero-order valence-corrected chi connectivity index (χ0v) is 19.0. The van der Waals surface area contributed by atoms with Gasteiger partial charge in [-0.15, -0.1) is 0 Å². The lowest BCUT2D eigenvalue weighted by Crippen LogP contribution is -2.22. The van der Waals surface area contributed by atoms with Gasteiger partial charge in [0.1, 0.15) is 5.82 Å². The molecule has 0 atom stereocenters. The van der Waals surface area contributed by atoms with Crippen molar-refractivity contribution in [1.29, 1.82) is 0 Å². The fourth-order valence-corrected chi connectivity index (χ4v) is 4.26. The van der Waals surface area contributed by atoms with Crippen molar-refractivity contribution in [2.75, 3.05) is 0 Å². The number of pyridine rings is 1. The van der Waals surface area contributed by atoms with Crippen molar-refractivity contribution in [3.05, 3.63) is 94.2 Å². The molecule has 2 aromatic carbocycles. The summed E-state index contributed by atoms with van der Waals surface area (Å²) in [4.78, 5) is 26.6. The van der Waals surface area contributed by atoms with Crippen LogP contribution in [-0.4, -0.2) is 24.7 Å². The molecule has 3 heterocycles. The zero-order chi connectivity index (χ0) is 24.6. The van der Waals surface area contributed by atoms with Crippen molar-refractivity contribution in [3.8, 4) is 17.2 Å². The van der Waals surface area contributed by atoms with E-state index in [4.69, 9.17) is 4.52 Å². The van der Waals surface area contributed by atoms with E-state index >= 15 is 0 Å². The fourth-order valence-electron chi connectivity index (χ4n) is 3.42. The second-order valence-corrected chi connectivity index (χ2v) is 8.56. The summed E-state index contributed by atoms with van der Waals surface area (Å²) in [5, 5.41) is 4.72. The molecule has 0 unspecified atom stereocenters. The van der Waals surface area contributed by atoms with Crippen LogP contribution in [0, 0.1) is 6.92 Å². The summed E-state index contributed by atoms with van der Waals surface area (Å²) in [6.45, 7) is 1.90. The summed E-state index contributed by atoms with van der Waals surface area (Å²) >= 11 is 1.21. The molecule has 35 heavy (non-hydrogen) atoms. The van der Waals surface area contributed by atoms with E-state index in [0.29, 0.717) is 27.4 Å². The van der Waals surface area contributed by atoms with Crippen molar-refractivity contribution in [2.24, 2.45) is 0 Å². The molecule has 3 aromatic heterocycles. The normalized spacial score (nSPS) is 11.8. The van der Waals surface area contributed by atoms with Crippen LogP contribution in [0.25, 0.3) is 28.1 Å². The molecule has 0 radical (unpaired) electrons. The minimum Gasteiger partial charge on any atom is -0.338 e. The third kappa shape index (κ3) is 4.67. The average Bonchev–Trinajstić information content (AvgIpc) is 3.31. The molecule has 0 aliphatic rings. The largest absolute Gasteiger partial charge is 0.416 e. The van der Waals surface area contributed by atoms with Gasteiger partial charge in [0.05, 0.1) is 22.2 Å². The number of hydrogen-bond donors (Lipinski definition) is 0. The second kappa shape index (κ2) is 8.99. The monoisotopic (exact) mass is 495 g/mol. The first-order valence-corrected chi connectivity index (χ1v) is 11.4. The molecule has 0 aliphatic carbocycles. The molecule has 0 N–H and O–H groups in total. The van der Waals surface area contributed by atoms with Crippen LogP contribution in [0.3, 0.4) is 0 Å². The lowest BCUT2D eigenvalue weighted by Gasteiger charge is -2.12. The Labute approximate surface area is 200 Å². The van der Waals surface area contributed by atoms with Crippen LogP contribution in [-0.2, 0) is 11.9 Å². The van der Waals surface area contributed by atoms with E-state index in [1.54, 1.807) is 36.5 Å². The van der Waals surface area contributed by atoms with Crippen molar-refractivity contribution in [2.45, 2.75) is 24.0 Å². The number of thioether (sulfide) groups is 1. The van der Waals surface area contributed by atoms with Crippen molar-refractivity contribution in [1.82, 2.24) is 24.7 Å². The quantitative estimate of drug-likeness (QED) is 0.237. The number of para-hydroxylation sites is 1. The van der Waals surface area contributed by atoms with Crippen LogP contribution in [0.1, 0.15) is 17.0 Å². The van der Waals surface area contributed by atoms with Crippen LogP contribution in [0.4, 0.5) is 13.2 Å². The lowest BCUT2D eigenvalue weighted by molar-refractivity contribution is -0.137. The molecule has 7 nitrogen and oxygen atoms in total. The second-order valence-electron chi connectivity index (χ2n) is 7.62. The minimum absolute atomic E-state index is 0.165. The number of aromatic nitrogens is 5. The number of hydrogen-bond acceptors (Lipinski definition) is 7. The van der Waals surface area contributed by atoms with E-state index in [1.165, 1.54) is 28.5 Å². The third-order valence-corrected chi connectivity index (χ3v) is 6.06. The smallest absolute Gasteiger partial charge is 0.338 e. The van der Waals surface area contributed by atoms with Gasteiger partial charge in [0.15, 0.2) is 5.16 Å². The predicted octanol–water partition coefficient (Wildman–Crippen LogP) is 5.45. The predicted molar refractivity (Wildman–Crippen MR) is 124 cm³/mol. The zero-order valence-electron chi connectivity index (χ0n) is 18.2. The Hall–Kier alpha value is -3.99. The number of benzene rings is 2. The van der Waals surface area contributed by atoms with Crippen molar-refractivity contribution in [3.63, 3.8) is 0 Å². The summed E-state index contributed by atoms with van der Waals surface area (Å²) in [6.07, 6.45) is -2.80. The SMILES string of the molecule is Cc1ccnc(-n2c(SCc3nc(-c4ccc(C(F)(F)F)cc4)no3)nc3ccccc3c2=O)c1. The third-order valence-electron chi connectivity index (χ3n) is 5.14. The molecule has 5 aromatic rings. The van der Waals surface area contributed by atoms with Crippen LogP contribution < -0.4 is 5.56 Å². The van der Waals surface area contributed by atoms with Gasteiger partial charge in [-0.1, -0.05) is 41.2 Å². The number of nitrogens with zero attached hydrogens (tertiary/aromatic N) is 5. The Balaban J connectivity index is 1.45. The van der Waals surface area contributed by atoms with E-state index in [0.717, 1.165) is 17.7 Å². The first kappa shape index (κ1) is 22.8. The summed E-state index contributed by atoms with van der Waals surface area (Å²) in [5.41, 5.74) is 0.851. The van der Waals surface area contributed by atoms with Gasteiger partial charge in [-0.2, -0.15) is 18.2 Å². The molecule has 5 rings (SSSR count). The van der Waals surface area contributed by atoms with Gasteiger partial charge in [0, 0.05) is 11.8 Å². The first-order chi connectivity index (χ1) is 16.8. The Morgan fingerprint density at radius 2 is 1.80 bits per heavy atom. The molecule has 0 spiro atoms. The molecule has 11 heteroatoms. The molecule has 0 saturated carbocycles.